The Bertz CT molecular complexity index is 464. The molecule has 120 valence electrons. The molecule has 1 fully saturated rings. The van der Waals surface area contributed by atoms with Crippen LogP contribution in [-0.2, 0) is 0 Å². The summed E-state index contributed by atoms with van der Waals surface area (Å²) in [6, 6.07) is 3.35. The predicted octanol–water partition coefficient (Wildman–Crippen LogP) is 3.75. The summed E-state index contributed by atoms with van der Waals surface area (Å²) in [7, 11) is 0. The van der Waals surface area contributed by atoms with Crippen LogP contribution >= 0.6 is 35.0 Å². The van der Waals surface area contributed by atoms with Crippen LogP contribution in [0.4, 0.5) is 17.6 Å². The molecule has 2 rings (SSSR count). The first-order valence-corrected chi connectivity index (χ1v) is 7.41. The maximum atomic E-state index is 13.9. The van der Waals surface area contributed by atoms with Gasteiger partial charge < -0.3 is 5.32 Å². The predicted molar refractivity (Wildman–Crippen MR) is 84.2 cm³/mol. The summed E-state index contributed by atoms with van der Waals surface area (Å²) in [4.78, 5) is 1.71. The summed E-state index contributed by atoms with van der Waals surface area (Å²) < 4.78 is 53.1. The van der Waals surface area contributed by atoms with Gasteiger partial charge in [-0.15, -0.1) is 12.4 Å². The molecule has 2 nitrogen and oxygen atoms in total. The molecule has 0 amide bonds. The number of piperazine rings is 1. The number of nitrogens with zero attached hydrogens (tertiary/aromatic N) is 1. The molecule has 1 saturated heterocycles. The van der Waals surface area contributed by atoms with E-state index in [2.05, 4.69) is 5.32 Å². The Hall–Kier alpha value is -0.120. The van der Waals surface area contributed by atoms with E-state index in [0.29, 0.717) is 26.2 Å². The van der Waals surface area contributed by atoms with Crippen molar-refractivity contribution in [2.75, 3.05) is 26.2 Å². The molecule has 0 aromatic heterocycles. The lowest BCUT2D eigenvalue weighted by atomic mass is 10.0. The van der Waals surface area contributed by atoms with Crippen LogP contribution in [0.5, 0.6) is 0 Å². The molecule has 0 aliphatic carbocycles. The zero-order chi connectivity index (χ0) is 14.8. The average molecular weight is 439 g/mol. The summed E-state index contributed by atoms with van der Waals surface area (Å²) in [5.74, 6) is -0.571. The molecule has 1 heterocycles. The molecule has 1 aromatic rings. The molecule has 0 saturated carbocycles. The zero-order valence-corrected chi connectivity index (χ0v) is 14.1. The van der Waals surface area contributed by atoms with E-state index < -0.39 is 24.5 Å². The number of halogens is 6. The molecule has 8 heteroatoms. The van der Waals surface area contributed by atoms with Gasteiger partial charge in [0.15, 0.2) is 0 Å². The van der Waals surface area contributed by atoms with Crippen LogP contribution in [0.25, 0.3) is 0 Å². The Balaban J connectivity index is 0.00000220. The van der Waals surface area contributed by atoms with Crippen LogP contribution in [0, 0.1) is 9.39 Å². The SMILES string of the molecule is Cl.Fc1ccc(I)cc1[C@H](CC(F)(F)F)N1CCNCC1. The van der Waals surface area contributed by atoms with E-state index in [0.717, 1.165) is 3.57 Å². The average Bonchev–Trinajstić information content (AvgIpc) is 2.39. The molecule has 1 N–H and O–H groups in total. The van der Waals surface area contributed by atoms with E-state index in [1.54, 1.807) is 11.0 Å². The second kappa shape index (κ2) is 7.94. The summed E-state index contributed by atoms with van der Waals surface area (Å²) >= 11 is 1.98. The van der Waals surface area contributed by atoms with Crippen molar-refractivity contribution in [3.05, 3.63) is 33.1 Å². The van der Waals surface area contributed by atoms with Crippen molar-refractivity contribution in [3.63, 3.8) is 0 Å². The fourth-order valence-electron chi connectivity index (χ4n) is 2.42. The molecule has 0 radical (unpaired) electrons. The third-order valence-electron chi connectivity index (χ3n) is 3.33. The largest absolute Gasteiger partial charge is 0.390 e. The Morgan fingerprint density at radius 3 is 2.43 bits per heavy atom. The van der Waals surface area contributed by atoms with Crippen molar-refractivity contribution in [3.8, 4) is 0 Å². The second-order valence-corrected chi connectivity index (χ2v) is 6.03. The molecule has 0 unspecified atom stereocenters. The van der Waals surface area contributed by atoms with Gasteiger partial charge in [0.2, 0.25) is 0 Å². The smallest absolute Gasteiger partial charge is 0.314 e. The topological polar surface area (TPSA) is 15.3 Å². The van der Waals surface area contributed by atoms with Crippen molar-refractivity contribution in [2.24, 2.45) is 0 Å². The van der Waals surface area contributed by atoms with Gasteiger partial charge in [-0.1, -0.05) is 0 Å². The lowest BCUT2D eigenvalue weighted by molar-refractivity contribution is -0.149. The van der Waals surface area contributed by atoms with Gasteiger partial charge in [-0.3, -0.25) is 4.90 Å². The van der Waals surface area contributed by atoms with Crippen LogP contribution in [0.15, 0.2) is 18.2 Å². The highest BCUT2D eigenvalue weighted by Crippen LogP contribution is 2.35. The van der Waals surface area contributed by atoms with Crippen molar-refractivity contribution in [1.29, 1.82) is 0 Å². The number of benzene rings is 1. The van der Waals surface area contributed by atoms with Gasteiger partial charge in [0.1, 0.15) is 5.82 Å². The number of alkyl halides is 3. The third kappa shape index (κ3) is 5.54. The van der Waals surface area contributed by atoms with E-state index in [-0.39, 0.29) is 18.0 Å². The molecular weight excluding hydrogens is 423 g/mol. The summed E-state index contributed by atoms with van der Waals surface area (Å²) in [5, 5.41) is 3.09. The Morgan fingerprint density at radius 1 is 1.24 bits per heavy atom. The normalized spacial score (nSPS) is 18.1. The Kier molecular flexibility index (Phi) is 7.15. The van der Waals surface area contributed by atoms with Crippen molar-refractivity contribution in [2.45, 2.75) is 18.6 Å². The molecule has 1 aliphatic rings. The van der Waals surface area contributed by atoms with Gasteiger partial charge in [-0.25, -0.2) is 4.39 Å². The second-order valence-electron chi connectivity index (χ2n) is 4.79. The standard InChI is InChI=1S/C13H15F4IN2.ClH/c14-11-2-1-9(18)7-10(11)12(8-13(15,16)17)20-5-3-19-4-6-20;/h1-2,7,12,19H,3-6,8H2;1H/t12-;/m0./s1. The van der Waals surface area contributed by atoms with E-state index in [1.165, 1.54) is 12.1 Å². The summed E-state index contributed by atoms with van der Waals surface area (Å²) in [5.41, 5.74) is 0.135. The monoisotopic (exact) mass is 438 g/mol. The third-order valence-corrected chi connectivity index (χ3v) is 4.01. The molecule has 1 aromatic carbocycles. The number of hydrogen-bond donors (Lipinski definition) is 1. The highest BCUT2D eigenvalue weighted by atomic mass is 127. The first kappa shape index (κ1) is 18.9. The van der Waals surface area contributed by atoms with Gasteiger partial charge in [0.25, 0.3) is 0 Å². The van der Waals surface area contributed by atoms with Gasteiger partial charge >= 0.3 is 6.18 Å². The van der Waals surface area contributed by atoms with Crippen molar-refractivity contribution >= 4 is 35.0 Å². The molecule has 21 heavy (non-hydrogen) atoms. The van der Waals surface area contributed by atoms with E-state index in [4.69, 9.17) is 0 Å². The number of nitrogens with one attached hydrogen (secondary N) is 1. The van der Waals surface area contributed by atoms with Gasteiger partial charge in [-0.05, 0) is 40.8 Å². The Morgan fingerprint density at radius 2 is 1.86 bits per heavy atom. The minimum absolute atomic E-state index is 0. The van der Waals surface area contributed by atoms with Crippen LogP contribution < -0.4 is 5.32 Å². The van der Waals surface area contributed by atoms with Crippen molar-refractivity contribution in [1.82, 2.24) is 10.2 Å². The minimum atomic E-state index is -4.32. The van der Waals surface area contributed by atoms with E-state index >= 15 is 0 Å². The van der Waals surface area contributed by atoms with Crippen LogP contribution in [-0.4, -0.2) is 37.3 Å². The number of rotatable bonds is 3. The molecule has 0 bridgehead atoms. The fraction of sp³-hybridized carbons (Fsp3) is 0.538. The molecule has 1 atom stereocenters. The van der Waals surface area contributed by atoms with Crippen LogP contribution in [0.2, 0.25) is 0 Å². The Labute approximate surface area is 140 Å². The maximum Gasteiger partial charge on any atom is 0.390 e. The highest BCUT2D eigenvalue weighted by molar-refractivity contribution is 14.1. The van der Waals surface area contributed by atoms with Gasteiger partial charge in [0.05, 0.1) is 6.42 Å². The zero-order valence-electron chi connectivity index (χ0n) is 11.1. The lowest BCUT2D eigenvalue weighted by Crippen LogP contribution is -2.46. The van der Waals surface area contributed by atoms with E-state index in [1.807, 2.05) is 22.6 Å². The van der Waals surface area contributed by atoms with Crippen molar-refractivity contribution < 1.29 is 17.6 Å². The first-order chi connectivity index (χ1) is 9.37. The van der Waals surface area contributed by atoms with Gasteiger partial charge in [-0.2, -0.15) is 13.2 Å². The molecule has 0 spiro atoms. The fourth-order valence-corrected chi connectivity index (χ4v) is 2.93. The number of hydrogen-bond acceptors (Lipinski definition) is 2. The molecular formula is C13H16ClF4IN2. The summed E-state index contributed by atoms with van der Waals surface area (Å²) in [6.45, 7) is 2.23. The van der Waals surface area contributed by atoms with E-state index in [9.17, 15) is 17.6 Å². The minimum Gasteiger partial charge on any atom is -0.314 e. The molecule has 1 aliphatic heterocycles. The maximum absolute atomic E-state index is 13.9. The highest BCUT2D eigenvalue weighted by Gasteiger charge is 2.37. The van der Waals surface area contributed by atoms with Gasteiger partial charge in [0, 0.05) is 41.4 Å². The quantitative estimate of drug-likeness (QED) is 0.571. The lowest BCUT2D eigenvalue weighted by Gasteiger charge is -2.35. The summed E-state index contributed by atoms with van der Waals surface area (Å²) in [6.07, 6.45) is -5.34. The van der Waals surface area contributed by atoms with Crippen LogP contribution in [0.3, 0.4) is 0 Å². The first-order valence-electron chi connectivity index (χ1n) is 6.33. The van der Waals surface area contributed by atoms with Crippen LogP contribution in [0.1, 0.15) is 18.0 Å².